The van der Waals surface area contributed by atoms with Gasteiger partial charge in [-0.3, -0.25) is 5.10 Å². The molecule has 0 spiro atoms. The molecule has 0 aliphatic heterocycles. The summed E-state index contributed by atoms with van der Waals surface area (Å²) in [5.41, 5.74) is -1.09. The van der Waals surface area contributed by atoms with Gasteiger partial charge in [-0.2, -0.15) is 22.6 Å². The fraction of sp³-hybridized carbons (Fsp3) is 0.250. The zero-order chi connectivity index (χ0) is 16.5. The smallest absolute Gasteiger partial charge is 0.285 e. The molecule has 1 aromatic carbocycles. The third-order valence-corrected chi connectivity index (χ3v) is 4.71. The van der Waals surface area contributed by atoms with Crippen LogP contribution >= 0.6 is 0 Å². The Morgan fingerprint density at radius 3 is 2.55 bits per heavy atom. The Morgan fingerprint density at radius 1 is 1.32 bits per heavy atom. The monoisotopic (exact) mass is 337 g/mol. The largest absolute Gasteiger partial charge is 0.419 e. The Kier molecular flexibility index (Phi) is 4.25. The van der Waals surface area contributed by atoms with E-state index in [1.54, 1.807) is 0 Å². The van der Waals surface area contributed by atoms with Gasteiger partial charge in [-0.05, 0) is 18.2 Å². The molecule has 0 unspecified atom stereocenters. The first-order chi connectivity index (χ1) is 10.1. The lowest BCUT2D eigenvalue weighted by Gasteiger charge is -2.17. The maximum absolute atomic E-state index is 13.2. The van der Waals surface area contributed by atoms with Gasteiger partial charge < -0.3 is 0 Å². The van der Waals surface area contributed by atoms with Gasteiger partial charge >= 0.3 is 6.18 Å². The molecule has 0 bridgehead atoms. The van der Waals surface area contributed by atoms with Crippen molar-refractivity contribution in [2.45, 2.75) is 17.6 Å². The first-order valence-corrected chi connectivity index (χ1v) is 7.37. The van der Waals surface area contributed by atoms with Crippen molar-refractivity contribution in [2.24, 2.45) is 0 Å². The Labute approximate surface area is 123 Å². The molecule has 22 heavy (non-hydrogen) atoms. The summed E-state index contributed by atoms with van der Waals surface area (Å²) >= 11 is 0. The van der Waals surface area contributed by atoms with E-state index < -0.39 is 32.5 Å². The van der Waals surface area contributed by atoms with Crippen LogP contribution in [0.4, 0.5) is 17.6 Å². The van der Waals surface area contributed by atoms with Gasteiger partial charge in [-0.1, -0.05) is 0 Å². The molecule has 0 aliphatic carbocycles. The highest BCUT2D eigenvalue weighted by Crippen LogP contribution is 2.33. The summed E-state index contributed by atoms with van der Waals surface area (Å²) < 4.78 is 76.6. The number of H-pyrrole nitrogens is 1. The van der Waals surface area contributed by atoms with Gasteiger partial charge in [0.2, 0.25) is 10.0 Å². The summed E-state index contributed by atoms with van der Waals surface area (Å²) in [5.74, 6) is -1.52. The maximum Gasteiger partial charge on any atom is 0.419 e. The van der Waals surface area contributed by atoms with Gasteiger partial charge in [0.15, 0.2) is 0 Å². The predicted molar refractivity (Wildman–Crippen MR) is 68.6 cm³/mol. The van der Waals surface area contributed by atoms with Gasteiger partial charge in [0.1, 0.15) is 5.82 Å². The van der Waals surface area contributed by atoms with Gasteiger partial charge in [0.05, 0.1) is 16.7 Å². The molecule has 2 rings (SSSR count). The molecule has 0 fully saturated rings. The van der Waals surface area contributed by atoms with E-state index in [0.717, 1.165) is 10.4 Å². The molecule has 1 heterocycles. The number of hydrogen-bond donors (Lipinski definition) is 1. The fourth-order valence-electron chi connectivity index (χ4n) is 1.77. The minimum Gasteiger partial charge on any atom is -0.285 e. The SMILES string of the molecule is CN(Cc1cn[nH]c1)S(=O)(=O)c1ccc(F)c(C(F)(F)F)c1. The lowest BCUT2D eigenvalue weighted by atomic mass is 10.2. The number of benzene rings is 1. The van der Waals surface area contributed by atoms with E-state index in [4.69, 9.17) is 0 Å². The van der Waals surface area contributed by atoms with Crippen molar-refractivity contribution >= 4 is 10.0 Å². The summed E-state index contributed by atoms with van der Waals surface area (Å²) in [6.45, 7) is -0.0858. The van der Waals surface area contributed by atoms with Crippen LogP contribution in [0.5, 0.6) is 0 Å². The summed E-state index contributed by atoms with van der Waals surface area (Å²) in [4.78, 5) is -0.632. The molecule has 5 nitrogen and oxygen atoms in total. The van der Waals surface area contributed by atoms with Crippen molar-refractivity contribution in [3.63, 3.8) is 0 Å². The van der Waals surface area contributed by atoms with Crippen LogP contribution in [0.3, 0.4) is 0 Å². The molecule has 120 valence electrons. The second-order valence-electron chi connectivity index (χ2n) is 4.51. The van der Waals surface area contributed by atoms with Crippen LogP contribution < -0.4 is 0 Å². The third-order valence-electron chi connectivity index (χ3n) is 2.91. The number of halogens is 4. The molecule has 0 saturated carbocycles. The van der Waals surface area contributed by atoms with Crippen molar-refractivity contribution < 1.29 is 26.0 Å². The van der Waals surface area contributed by atoms with E-state index in [9.17, 15) is 26.0 Å². The standard InChI is InChI=1S/C12H11F4N3O2S/c1-19(7-8-5-17-18-6-8)22(20,21)9-2-3-11(13)10(4-9)12(14,15)16/h2-6H,7H2,1H3,(H,17,18). The van der Waals surface area contributed by atoms with Crippen molar-refractivity contribution in [2.75, 3.05) is 7.05 Å². The highest BCUT2D eigenvalue weighted by molar-refractivity contribution is 7.89. The molecule has 0 amide bonds. The Bertz CT molecular complexity index is 757. The zero-order valence-corrected chi connectivity index (χ0v) is 12.0. The van der Waals surface area contributed by atoms with Crippen LogP contribution in [0.25, 0.3) is 0 Å². The van der Waals surface area contributed by atoms with E-state index in [2.05, 4.69) is 10.2 Å². The number of hydrogen-bond acceptors (Lipinski definition) is 3. The molecule has 10 heteroatoms. The predicted octanol–water partition coefficient (Wildman–Crippen LogP) is 2.39. The van der Waals surface area contributed by atoms with Crippen molar-refractivity contribution in [3.05, 3.63) is 47.5 Å². The van der Waals surface area contributed by atoms with E-state index in [1.807, 2.05) is 0 Å². The first kappa shape index (κ1) is 16.4. The molecule has 0 radical (unpaired) electrons. The van der Waals surface area contributed by atoms with Crippen LogP contribution in [-0.4, -0.2) is 30.0 Å². The van der Waals surface area contributed by atoms with Crippen molar-refractivity contribution in [3.8, 4) is 0 Å². The molecule has 0 saturated heterocycles. The number of aromatic nitrogens is 2. The Hall–Kier alpha value is -1.94. The average Bonchev–Trinajstić information content (AvgIpc) is 2.90. The van der Waals surface area contributed by atoms with Crippen molar-refractivity contribution in [1.82, 2.24) is 14.5 Å². The van der Waals surface area contributed by atoms with Gasteiger partial charge in [-0.25, -0.2) is 12.8 Å². The summed E-state index contributed by atoms with van der Waals surface area (Å²) in [6.07, 6.45) is -2.13. The summed E-state index contributed by atoms with van der Waals surface area (Å²) in [6, 6.07) is 1.57. The van der Waals surface area contributed by atoms with Crippen LogP contribution in [-0.2, 0) is 22.7 Å². The molecule has 1 N–H and O–H groups in total. The number of aromatic amines is 1. The van der Waals surface area contributed by atoms with E-state index in [0.29, 0.717) is 11.6 Å². The van der Waals surface area contributed by atoms with Gasteiger partial charge in [0.25, 0.3) is 0 Å². The minimum atomic E-state index is -4.97. The molecule has 0 aliphatic rings. The van der Waals surface area contributed by atoms with Gasteiger partial charge in [-0.15, -0.1) is 0 Å². The Balaban J connectivity index is 2.37. The first-order valence-electron chi connectivity index (χ1n) is 5.93. The van der Waals surface area contributed by atoms with Gasteiger partial charge in [0, 0.05) is 25.4 Å². The van der Waals surface area contributed by atoms with Crippen LogP contribution in [0, 0.1) is 5.82 Å². The number of sulfonamides is 1. The molecular weight excluding hydrogens is 326 g/mol. The Morgan fingerprint density at radius 2 is 2.00 bits per heavy atom. The third kappa shape index (κ3) is 3.28. The minimum absolute atomic E-state index is 0.0858. The normalized spacial score (nSPS) is 12.8. The topological polar surface area (TPSA) is 66.1 Å². The lowest BCUT2D eigenvalue weighted by molar-refractivity contribution is -0.140. The number of alkyl halides is 3. The van der Waals surface area contributed by atoms with E-state index in [1.165, 1.54) is 19.4 Å². The van der Waals surface area contributed by atoms with E-state index >= 15 is 0 Å². The van der Waals surface area contributed by atoms with Crippen molar-refractivity contribution in [1.29, 1.82) is 0 Å². The molecular formula is C12H11F4N3O2S. The second kappa shape index (κ2) is 5.69. The molecule has 0 atom stereocenters. The summed E-state index contributed by atoms with van der Waals surface area (Å²) in [5, 5.41) is 6.14. The zero-order valence-electron chi connectivity index (χ0n) is 11.2. The van der Waals surface area contributed by atoms with Crippen LogP contribution in [0.2, 0.25) is 0 Å². The van der Waals surface area contributed by atoms with Crippen LogP contribution in [0.1, 0.15) is 11.1 Å². The highest BCUT2D eigenvalue weighted by atomic mass is 32.2. The molecule has 1 aromatic heterocycles. The molecule has 2 aromatic rings. The number of nitrogens with one attached hydrogen (secondary N) is 1. The number of rotatable bonds is 4. The second-order valence-corrected chi connectivity index (χ2v) is 6.55. The highest BCUT2D eigenvalue weighted by Gasteiger charge is 2.35. The lowest BCUT2D eigenvalue weighted by Crippen LogP contribution is -2.26. The summed E-state index contributed by atoms with van der Waals surface area (Å²) in [7, 11) is -2.98. The van der Waals surface area contributed by atoms with E-state index in [-0.39, 0.29) is 12.6 Å². The quantitative estimate of drug-likeness (QED) is 0.871. The number of nitrogens with zero attached hydrogens (tertiary/aromatic N) is 2. The maximum atomic E-state index is 13.2. The average molecular weight is 337 g/mol. The fourth-order valence-corrected chi connectivity index (χ4v) is 2.95. The van der Waals surface area contributed by atoms with Crippen LogP contribution in [0.15, 0.2) is 35.5 Å².